The fourth-order valence-electron chi connectivity index (χ4n) is 3.31. The van der Waals surface area contributed by atoms with Crippen molar-refractivity contribution in [2.75, 3.05) is 0 Å². The fourth-order valence-corrected chi connectivity index (χ4v) is 3.31. The first-order valence-electron chi connectivity index (χ1n) is 8.35. The number of ketones is 2. The van der Waals surface area contributed by atoms with E-state index in [-0.39, 0.29) is 17.3 Å². The summed E-state index contributed by atoms with van der Waals surface area (Å²) in [6.07, 6.45) is 1.55. The maximum atomic E-state index is 12.8. The van der Waals surface area contributed by atoms with Gasteiger partial charge in [0.2, 0.25) is 0 Å². The molecule has 0 heterocycles. The highest BCUT2D eigenvalue weighted by atomic mass is 16.3. The van der Waals surface area contributed by atoms with Gasteiger partial charge in [-0.05, 0) is 41.8 Å². The molecule has 3 aromatic rings. The maximum absolute atomic E-state index is 12.8. The molecule has 0 bridgehead atoms. The van der Waals surface area contributed by atoms with Crippen LogP contribution in [0.25, 0.3) is 5.57 Å². The Labute approximate surface area is 151 Å². The van der Waals surface area contributed by atoms with Gasteiger partial charge in [0.05, 0.1) is 0 Å². The van der Waals surface area contributed by atoms with E-state index >= 15 is 0 Å². The van der Waals surface area contributed by atoms with E-state index in [4.69, 9.17) is 0 Å². The number of aryl methyl sites for hydroxylation is 1. The van der Waals surface area contributed by atoms with Crippen molar-refractivity contribution in [3.63, 3.8) is 0 Å². The SMILES string of the molecule is Cc1ccc2c(c1)/C(=C/C(=O)c1cccc(O)c1)c1ccccc1C2=O. The molecule has 0 amide bonds. The van der Waals surface area contributed by atoms with Crippen molar-refractivity contribution in [1.29, 1.82) is 0 Å². The summed E-state index contributed by atoms with van der Waals surface area (Å²) < 4.78 is 0. The van der Waals surface area contributed by atoms with E-state index in [1.807, 2.05) is 43.3 Å². The van der Waals surface area contributed by atoms with Crippen molar-refractivity contribution in [3.8, 4) is 5.75 Å². The van der Waals surface area contributed by atoms with Crippen molar-refractivity contribution in [2.24, 2.45) is 0 Å². The first-order valence-corrected chi connectivity index (χ1v) is 8.35. The molecule has 1 aliphatic carbocycles. The molecule has 126 valence electrons. The summed E-state index contributed by atoms with van der Waals surface area (Å²) in [5.41, 5.74) is 4.87. The van der Waals surface area contributed by atoms with Crippen molar-refractivity contribution in [3.05, 3.63) is 106 Å². The van der Waals surface area contributed by atoms with Crippen LogP contribution in [0.1, 0.15) is 43.0 Å². The van der Waals surface area contributed by atoms with Crippen LogP contribution in [0.3, 0.4) is 0 Å². The Hall–Kier alpha value is -3.46. The number of carbonyl (C=O) groups is 2. The number of hydrogen-bond donors (Lipinski definition) is 1. The molecule has 0 atom stereocenters. The van der Waals surface area contributed by atoms with Crippen molar-refractivity contribution >= 4 is 17.1 Å². The smallest absolute Gasteiger partial charge is 0.194 e. The molecule has 0 saturated heterocycles. The first kappa shape index (κ1) is 16.0. The molecule has 1 aliphatic rings. The Balaban J connectivity index is 1.93. The predicted molar refractivity (Wildman–Crippen MR) is 101 cm³/mol. The quantitative estimate of drug-likeness (QED) is 0.430. The number of allylic oxidation sites excluding steroid dienone is 1. The average Bonchev–Trinajstić information content (AvgIpc) is 2.65. The monoisotopic (exact) mass is 340 g/mol. The zero-order valence-electron chi connectivity index (χ0n) is 14.2. The van der Waals surface area contributed by atoms with Crippen molar-refractivity contribution in [1.82, 2.24) is 0 Å². The lowest BCUT2D eigenvalue weighted by Gasteiger charge is -2.22. The second-order valence-corrected chi connectivity index (χ2v) is 6.40. The molecular weight excluding hydrogens is 324 g/mol. The van der Waals surface area contributed by atoms with Gasteiger partial charge in [-0.2, -0.15) is 0 Å². The molecule has 0 spiro atoms. The van der Waals surface area contributed by atoms with Gasteiger partial charge < -0.3 is 5.11 Å². The topological polar surface area (TPSA) is 54.4 Å². The van der Waals surface area contributed by atoms with Crippen LogP contribution in [0.15, 0.2) is 72.8 Å². The van der Waals surface area contributed by atoms with Gasteiger partial charge >= 0.3 is 0 Å². The normalized spacial score (nSPS) is 14.0. The van der Waals surface area contributed by atoms with E-state index < -0.39 is 0 Å². The van der Waals surface area contributed by atoms with Crippen LogP contribution in [0.4, 0.5) is 0 Å². The number of phenolic OH excluding ortho intramolecular Hbond substituents is 1. The van der Waals surface area contributed by atoms with Gasteiger partial charge in [-0.3, -0.25) is 9.59 Å². The van der Waals surface area contributed by atoms with Crippen LogP contribution in [0.5, 0.6) is 5.75 Å². The third kappa shape index (κ3) is 2.64. The summed E-state index contributed by atoms with van der Waals surface area (Å²) in [6, 6.07) is 19.2. The second kappa shape index (κ2) is 6.12. The minimum absolute atomic E-state index is 0.0300. The zero-order chi connectivity index (χ0) is 18.3. The van der Waals surface area contributed by atoms with E-state index in [9.17, 15) is 14.7 Å². The van der Waals surface area contributed by atoms with E-state index in [0.717, 1.165) is 22.3 Å². The van der Waals surface area contributed by atoms with Gasteiger partial charge in [0, 0.05) is 16.7 Å². The van der Waals surface area contributed by atoms with E-state index in [1.54, 1.807) is 24.3 Å². The summed E-state index contributed by atoms with van der Waals surface area (Å²) in [4.78, 5) is 25.6. The Morgan fingerprint density at radius 1 is 0.846 bits per heavy atom. The minimum Gasteiger partial charge on any atom is -0.508 e. The summed E-state index contributed by atoms with van der Waals surface area (Å²) in [5, 5.41) is 9.64. The molecular formula is C23H16O3. The Kier molecular flexibility index (Phi) is 3.77. The molecule has 1 N–H and O–H groups in total. The molecule has 0 aromatic heterocycles. The Morgan fingerprint density at radius 2 is 1.58 bits per heavy atom. The van der Waals surface area contributed by atoms with Gasteiger partial charge in [-0.25, -0.2) is 0 Å². The van der Waals surface area contributed by atoms with Gasteiger partial charge in [0.15, 0.2) is 11.6 Å². The highest BCUT2D eigenvalue weighted by Crippen LogP contribution is 2.36. The molecule has 3 heteroatoms. The average molecular weight is 340 g/mol. The van der Waals surface area contributed by atoms with E-state index in [0.29, 0.717) is 16.7 Å². The third-order valence-corrected chi connectivity index (χ3v) is 4.58. The second-order valence-electron chi connectivity index (χ2n) is 6.40. The number of rotatable bonds is 2. The fraction of sp³-hybridized carbons (Fsp3) is 0.0435. The van der Waals surface area contributed by atoms with Gasteiger partial charge in [0.1, 0.15) is 5.75 Å². The first-order chi connectivity index (χ1) is 12.5. The summed E-state index contributed by atoms with van der Waals surface area (Å²) in [6.45, 7) is 1.96. The lowest BCUT2D eigenvalue weighted by Crippen LogP contribution is -2.15. The number of phenols is 1. The molecule has 0 unspecified atom stereocenters. The molecule has 4 rings (SSSR count). The van der Waals surface area contributed by atoms with E-state index in [1.165, 1.54) is 12.1 Å². The largest absolute Gasteiger partial charge is 0.508 e. The van der Waals surface area contributed by atoms with Crippen LogP contribution in [-0.2, 0) is 0 Å². The highest BCUT2D eigenvalue weighted by molar-refractivity contribution is 6.21. The number of hydrogen-bond acceptors (Lipinski definition) is 3. The predicted octanol–water partition coefficient (Wildman–Crippen LogP) is 4.56. The van der Waals surface area contributed by atoms with Crippen LogP contribution in [0.2, 0.25) is 0 Å². The molecule has 0 saturated carbocycles. The number of carbonyl (C=O) groups excluding carboxylic acids is 2. The standard InChI is InChI=1S/C23H16O3/c1-14-9-10-19-20(11-14)21(17-7-2-3-8-18(17)23(19)26)13-22(25)15-5-4-6-16(24)12-15/h2-13,24H,1H3/b21-13+. The minimum atomic E-state index is -0.215. The lowest BCUT2D eigenvalue weighted by molar-refractivity contribution is 0.103. The van der Waals surface area contributed by atoms with Crippen LogP contribution in [0, 0.1) is 6.92 Å². The van der Waals surface area contributed by atoms with Crippen LogP contribution >= 0.6 is 0 Å². The molecule has 0 radical (unpaired) electrons. The van der Waals surface area contributed by atoms with Crippen LogP contribution in [-0.4, -0.2) is 16.7 Å². The van der Waals surface area contributed by atoms with Crippen molar-refractivity contribution in [2.45, 2.75) is 6.92 Å². The third-order valence-electron chi connectivity index (χ3n) is 4.58. The number of benzene rings is 3. The van der Waals surface area contributed by atoms with Gasteiger partial charge in [0.25, 0.3) is 0 Å². The molecule has 3 nitrogen and oxygen atoms in total. The summed E-state index contributed by atoms with van der Waals surface area (Å²) >= 11 is 0. The molecule has 0 fully saturated rings. The van der Waals surface area contributed by atoms with Crippen LogP contribution < -0.4 is 0 Å². The molecule has 26 heavy (non-hydrogen) atoms. The number of fused-ring (bicyclic) bond motifs is 2. The molecule has 3 aromatic carbocycles. The van der Waals surface area contributed by atoms with Gasteiger partial charge in [-0.15, -0.1) is 0 Å². The maximum Gasteiger partial charge on any atom is 0.194 e. The van der Waals surface area contributed by atoms with E-state index in [2.05, 4.69) is 0 Å². The van der Waals surface area contributed by atoms with Crippen molar-refractivity contribution < 1.29 is 14.7 Å². The summed E-state index contributed by atoms with van der Waals surface area (Å²) in [7, 11) is 0. The Morgan fingerprint density at radius 3 is 2.35 bits per heavy atom. The zero-order valence-corrected chi connectivity index (χ0v) is 14.2. The Bertz CT molecular complexity index is 1090. The molecule has 0 aliphatic heterocycles. The summed E-state index contributed by atoms with van der Waals surface area (Å²) in [5.74, 6) is -0.199. The highest BCUT2D eigenvalue weighted by Gasteiger charge is 2.27. The lowest BCUT2D eigenvalue weighted by atomic mass is 9.80. The van der Waals surface area contributed by atoms with Gasteiger partial charge in [-0.1, -0.05) is 60.2 Å². The number of aromatic hydroxyl groups is 1.